The van der Waals surface area contributed by atoms with Gasteiger partial charge in [-0.2, -0.15) is 0 Å². The third kappa shape index (κ3) is 4.24. The number of cyclic esters (lactones) is 2. The monoisotopic (exact) mass is 291 g/mol. The van der Waals surface area contributed by atoms with Crippen molar-refractivity contribution in [2.45, 2.75) is 6.92 Å². The molecule has 1 amide bonds. The van der Waals surface area contributed by atoms with Crippen molar-refractivity contribution in [2.75, 3.05) is 25.1 Å². The highest BCUT2D eigenvalue weighted by Crippen LogP contribution is 2.22. The zero-order chi connectivity index (χ0) is 15.3. The summed E-state index contributed by atoms with van der Waals surface area (Å²) in [5.74, 6) is 0. The van der Waals surface area contributed by atoms with Gasteiger partial charge < -0.3 is 14.2 Å². The van der Waals surface area contributed by atoms with Crippen LogP contribution in [0.15, 0.2) is 30.8 Å². The minimum absolute atomic E-state index is 0.0941. The normalized spacial score (nSPS) is 16.3. The molecule has 1 aromatic rings. The van der Waals surface area contributed by atoms with Crippen LogP contribution in [0.1, 0.15) is 12.5 Å². The van der Waals surface area contributed by atoms with Gasteiger partial charge in [0.15, 0.2) is 0 Å². The minimum Gasteiger partial charge on any atom is -0.448 e. The molecule has 1 aliphatic rings. The van der Waals surface area contributed by atoms with E-state index >= 15 is 0 Å². The van der Waals surface area contributed by atoms with Gasteiger partial charge in [0.2, 0.25) is 0 Å². The predicted octanol–water partition coefficient (Wildman–Crippen LogP) is 3.05. The Balaban J connectivity index is 1.81. The minimum atomic E-state index is -0.695. The molecule has 0 spiro atoms. The summed E-state index contributed by atoms with van der Waals surface area (Å²) in [6.07, 6.45) is 0.451. The van der Waals surface area contributed by atoms with Crippen LogP contribution in [0, 0.1) is 5.41 Å². The van der Waals surface area contributed by atoms with Crippen molar-refractivity contribution in [2.24, 2.45) is 5.41 Å². The summed E-state index contributed by atoms with van der Waals surface area (Å²) in [6, 6.07) is 7.17. The fraction of sp³-hybridized carbons (Fsp3) is 0.333. The van der Waals surface area contributed by atoms with Gasteiger partial charge >= 0.3 is 12.2 Å². The zero-order valence-electron chi connectivity index (χ0n) is 11.8. The molecule has 1 fully saturated rings. The van der Waals surface area contributed by atoms with E-state index in [1.807, 2.05) is 19.1 Å². The van der Waals surface area contributed by atoms with Gasteiger partial charge in [-0.25, -0.2) is 9.59 Å². The lowest BCUT2D eigenvalue weighted by molar-refractivity contribution is -0.0722. The van der Waals surface area contributed by atoms with Gasteiger partial charge in [-0.1, -0.05) is 24.8 Å². The highest BCUT2D eigenvalue weighted by atomic mass is 16.7. The second-order valence-electron chi connectivity index (χ2n) is 5.17. The van der Waals surface area contributed by atoms with Crippen LogP contribution >= 0.6 is 0 Å². The van der Waals surface area contributed by atoms with Crippen molar-refractivity contribution in [3.05, 3.63) is 36.4 Å². The maximum Gasteiger partial charge on any atom is 0.508 e. The standard InChI is InChI=1S/C15H17NO5/c1-3-11-4-6-12(7-5-11)16-13(17)19-8-15(2)9-20-14(18)21-10-15/h3-7H,1,8-10H2,2H3,(H,16,17). The van der Waals surface area contributed by atoms with Crippen molar-refractivity contribution < 1.29 is 23.8 Å². The van der Waals surface area contributed by atoms with E-state index in [0.717, 1.165) is 5.56 Å². The first-order chi connectivity index (χ1) is 10.0. The van der Waals surface area contributed by atoms with Crippen molar-refractivity contribution in [1.82, 2.24) is 0 Å². The van der Waals surface area contributed by atoms with E-state index in [-0.39, 0.29) is 19.8 Å². The molecule has 1 N–H and O–H groups in total. The number of carbonyl (C=O) groups is 2. The Kier molecular flexibility index (Phi) is 4.47. The van der Waals surface area contributed by atoms with E-state index in [1.54, 1.807) is 18.2 Å². The van der Waals surface area contributed by atoms with Gasteiger partial charge in [0.25, 0.3) is 0 Å². The molecule has 1 aromatic carbocycles. The van der Waals surface area contributed by atoms with Crippen LogP contribution in [-0.4, -0.2) is 32.1 Å². The van der Waals surface area contributed by atoms with E-state index in [2.05, 4.69) is 11.9 Å². The van der Waals surface area contributed by atoms with Crippen molar-refractivity contribution in [1.29, 1.82) is 0 Å². The van der Waals surface area contributed by atoms with Crippen molar-refractivity contribution in [3.63, 3.8) is 0 Å². The van der Waals surface area contributed by atoms with Gasteiger partial charge in [0.1, 0.15) is 19.8 Å². The lowest BCUT2D eigenvalue weighted by Gasteiger charge is -2.31. The summed E-state index contributed by atoms with van der Waals surface area (Å²) in [5.41, 5.74) is 1.06. The molecule has 1 aliphatic heterocycles. The van der Waals surface area contributed by atoms with Crippen LogP contribution < -0.4 is 5.32 Å². The molecule has 112 valence electrons. The van der Waals surface area contributed by atoms with E-state index in [0.29, 0.717) is 5.69 Å². The first-order valence-corrected chi connectivity index (χ1v) is 6.47. The molecular formula is C15H17NO5. The molecule has 0 bridgehead atoms. The molecule has 2 rings (SSSR count). The maximum atomic E-state index is 11.7. The number of hydrogen-bond acceptors (Lipinski definition) is 5. The average Bonchev–Trinajstić information content (AvgIpc) is 2.50. The zero-order valence-corrected chi connectivity index (χ0v) is 11.8. The SMILES string of the molecule is C=Cc1ccc(NC(=O)OCC2(C)COC(=O)OC2)cc1. The van der Waals surface area contributed by atoms with E-state index in [4.69, 9.17) is 14.2 Å². The van der Waals surface area contributed by atoms with E-state index in [9.17, 15) is 9.59 Å². The molecule has 0 aliphatic carbocycles. The number of ether oxygens (including phenoxy) is 3. The summed E-state index contributed by atoms with van der Waals surface area (Å²) in [6.45, 7) is 5.88. The summed E-state index contributed by atoms with van der Waals surface area (Å²) < 4.78 is 14.7. The highest BCUT2D eigenvalue weighted by molar-refractivity contribution is 5.84. The van der Waals surface area contributed by atoms with Gasteiger partial charge in [0, 0.05) is 5.69 Å². The van der Waals surface area contributed by atoms with Crippen LogP contribution in [0.2, 0.25) is 0 Å². The topological polar surface area (TPSA) is 73.9 Å². The van der Waals surface area contributed by atoms with Crippen LogP contribution in [-0.2, 0) is 14.2 Å². The Morgan fingerprint density at radius 1 is 1.38 bits per heavy atom. The lowest BCUT2D eigenvalue weighted by Crippen LogP contribution is -2.41. The first kappa shape index (κ1) is 14.9. The second kappa shape index (κ2) is 6.30. The molecule has 21 heavy (non-hydrogen) atoms. The molecular weight excluding hydrogens is 274 g/mol. The van der Waals surface area contributed by atoms with Gasteiger partial charge in [-0.3, -0.25) is 5.32 Å². The largest absolute Gasteiger partial charge is 0.508 e. The third-order valence-electron chi connectivity index (χ3n) is 3.02. The Morgan fingerprint density at radius 2 is 2.00 bits per heavy atom. The van der Waals surface area contributed by atoms with Crippen LogP contribution in [0.4, 0.5) is 15.3 Å². The second-order valence-corrected chi connectivity index (χ2v) is 5.17. The van der Waals surface area contributed by atoms with Crippen molar-refractivity contribution >= 4 is 24.0 Å². The van der Waals surface area contributed by atoms with Gasteiger partial charge in [-0.05, 0) is 24.6 Å². The summed E-state index contributed by atoms with van der Waals surface area (Å²) >= 11 is 0. The Labute approximate surface area is 122 Å². The third-order valence-corrected chi connectivity index (χ3v) is 3.02. The van der Waals surface area contributed by atoms with Crippen LogP contribution in [0.5, 0.6) is 0 Å². The molecule has 0 aromatic heterocycles. The molecule has 1 heterocycles. The van der Waals surface area contributed by atoms with Crippen molar-refractivity contribution in [3.8, 4) is 0 Å². The van der Waals surface area contributed by atoms with E-state index < -0.39 is 17.7 Å². The summed E-state index contributed by atoms with van der Waals surface area (Å²) in [5, 5.41) is 2.61. The number of carbonyl (C=O) groups excluding carboxylic acids is 2. The predicted molar refractivity (Wildman–Crippen MR) is 76.9 cm³/mol. The Bertz CT molecular complexity index is 527. The number of anilines is 1. The fourth-order valence-corrected chi connectivity index (χ4v) is 1.73. The van der Waals surface area contributed by atoms with Gasteiger partial charge in [-0.15, -0.1) is 0 Å². The molecule has 0 radical (unpaired) electrons. The molecule has 1 saturated heterocycles. The number of rotatable bonds is 4. The van der Waals surface area contributed by atoms with E-state index in [1.165, 1.54) is 0 Å². The maximum absolute atomic E-state index is 11.7. The van der Waals surface area contributed by atoms with Gasteiger partial charge in [0.05, 0.1) is 5.41 Å². The molecule has 0 atom stereocenters. The molecule has 0 unspecified atom stereocenters. The summed E-state index contributed by atoms with van der Waals surface area (Å²) in [4.78, 5) is 22.5. The smallest absolute Gasteiger partial charge is 0.448 e. The molecule has 0 saturated carbocycles. The highest BCUT2D eigenvalue weighted by Gasteiger charge is 2.34. The van der Waals surface area contributed by atoms with Crippen LogP contribution in [0.25, 0.3) is 6.08 Å². The number of amides is 1. The molecule has 6 nitrogen and oxygen atoms in total. The quantitative estimate of drug-likeness (QED) is 0.863. The first-order valence-electron chi connectivity index (χ1n) is 6.47. The van der Waals surface area contributed by atoms with Crippen LogP contribution in [0.3, 0.4) is 0 Å². The average molecular weight is 291 g/mol. The Hall–Kier alpha value is -2.50. The number of nitrogens with one attached hydrogen (secondary N) is 1. The molecule has 6 heteroatoms. The Morgan fingerprint density at radius 3 is 2.57 bits per heavy atom. The fourth-order valence-electron chi connectivity index (χ4n) is 1.73. The number of hydrogen-bond donors (Lipinski definition) is 1. The lowest BCUT2D eigenvalue weighted by atomic mass is 9.94. The number of benzene rings is 1. The summed E-state index contributed by atoms with van der Waals surface area (Å²) in [7, 11) is 0.